The van der Waals surface area contributed by atoms with E-state index in [2.05, 4.69) is 10.3 Å². The van der Waals surface area contributed by atoms with Gasteiger partial charge in [0.1, 0.15) is 10.9 Å². The first-order valence-corrected chi connectivity index (χ1v) is 7.34. The van der Waals surface area contributed by atoms with E-state index in [0.717, 1.165) is 22.6 Å². The lowest BCUT2D eigenvalue weighted by atomic mass is 10.2. The van der Waals surface area contributed by atoms with E-state index in [1.165, 1.54) is 0 Å². The zero-order valence-electron chi connectivity index (χ0n) is 10.7. The van der Waals surface area contributed by atoms with Gasteiger partial charge in [0.25, 0.3) is 0 Å². The molecule has 1 aliphatic heterocycles. The van der Waals surface area contributed by atoms with Gasteiger partial charge in [0.05, 0.1) is 0 Å². The lowest BCUT2D eigenvalue weighted by molar-refractivity contribution is -0.389. The van der Waals surface area contributed by atoms with E-state index in [1.54, 1.807) is 0 Å². The summed E-state index contributed by atoms with van der Waals surface area (Å²) in [5.74, 6) is -1.75. The molecule has 1 saturated heterocycles. The quantitative estimate of drug-likeness (QED) is 0.534. The van der Waals surface area contributed by atoms with E-state index in [9.17, 15) is 23.3 Å². The first-order chi connectivity index (χ1) is 9.84. The number of carbonyl (C=O) groups is 1. The van der Waals surface area contributed by atoms with Gasteiger partial charge in [0.15, 0.2) is 6.20 Å². The van der Waals surface area contributed by atoms with Gasteiger partial charge in [-0.3, -0.25) is 4.79 Å². The molecule has 1 aromatic heterocycles. The smallest absolute Gasteiger partial charge is 0.363 e. The fourth-order valence-corrected chi connectivity index (χ4v) is 3.48. The minimum atomic E-state index is -4.07. The Balaban J connectivity index is 2.35. The molecule has 1 fully saturated rings. The number of aliphatic carboxylic acids is 1. The van der Waals surface area contributed by atoms with Gasteiger partial charge < -0.3 is 20.5 Å². The van der Waals surface area contributed by atoms with Gasteiger partial charge in [0.2, 0.25) is 10.0 Å². The molecule has 10 nitrogen and oxygen atoms in total. The second-order valence-corrected chi connectivity index (χ2v) is 6.17. The van der Waals surface area contributed by atoms with Crippen molar-refractivity contribution in [1.29, 1.82) is 0 Å². The Morgan fingerprint density at radius 3 is 2.76 bits per heavy atom. The summed E-state index contributed by atoms with van der Waals surface area (Å²) in [4.78, 5) is 24.1. The number of nitrogens with one attached hydrogen (secondary N) is 1. The summed E-state index contributed by atoms with van der Waals surface area (Å²) in [5, 5.41) is 22.4. The molecule has 0 spiro atoms. The number of pyridine rings is 1. The van der Waals surface area contributed by atoms with Crippen LogP contribution in [0.3, 0.4) is 0 Å². The van der Waals surface area contributed by atoms with Gasteiger partial charge in [-0.15, -0.1) is 0 Å². The fraction of sp³-hybridized carbons (Fsp3) is 0.400. The summed E-state index contributed by atoms with van der Waals surface area (Å²) in [6.07, 6.45) is 0.856. The largest absolute Gasteiger partial charge is 0.480 e. The second-order valence-electron chi connectivity index (χ2n) is 4.28. The highest BCUT2D eigenvalue weighted by Crippen LogP contribution is 2.20. The Labute approximate surface area is 119 Å². The van der Waals surface area contributed by atoms with Gasteiger partial charge in [-0.1, -0.05) is 0 Å². The molecule has 114 valence electrons. The Morgan fingerprint density at radius 2 is 2.24 bits per heavy atom. The molecule has 2 heterocycles. The van der Waals surface area contributed by atoms with Crippen LogP contribution in [0.1, 0.15) is 0 Å². The van der Waals surface area contributed by atoms with Crippen LogP contribution in [0.5, 0.6) is 0 Å². The monoisotopic (exact) mass is 316 g/mol. The van der Waals surface area contributed by atoms with Crippen LogP contribution >= 0.6 is 0 Å². The molecule has 0 bridgehead atoms. The molecule has 1 aromatic rings. The summed E-state index contributed by atoms with van der Waals surface area (Å²) in [7, 11) is -4.07. The number of hydrogen-bond donors (Lipinski definition) is 2. The third kappa shape index (κ3) is 2.99. The molecule has 0 radical (unpaired) electrons. The molecular weight excluding hydrogens is 304 g/mol. The molecule has 1 aliphatic rings. The van der Waals surface area contributed by atoms with Gasteiger partial charge in [-0.2, -0.15) is 4.31 Å². The van der Waals surface area contributed by atoms with Gasteiger partial charge in [0, 0.05) is 25.7 Å². The van der Waals surface area contributed by atoms with Crippen molar-refractivity contribution in [3.8, 4) is 0 Å². The third-order valence-electron chi connectivity index (χ3n) is 2.99. The lowest BCUT2D eigenvalue weighted by Gasteiger charge is -2.32. The number of carboxylic acid groups (broad SMARTS) is 1. The summed E-state index contributed by atoms with van der Waals surface area (Å²) in [6, 6.07) is 0.783. The summed E-state index contributed by atoms with van der Waals surface area (Å²) in [6.45, 7) is 0.314. The van der Waals surface area contributed by atoms with Crippen LogP contribution in [0.4, 0.5) is 5.82 Å². The summed E-state index contributed by atoms with van der Waals surface area (Å²) < 4.78 is 25.7. The highest BCUT2D eigenvalue weighted by molar-refractivity contribution is 7.89. The highest BCUT2D eigenvalue weighted by atomic mass is 32.2. The van der Waals surface area contributed by atoms with Gasteiger partial charge in [-0.05, 0) is 16.0 Å². The van der Waals surface area contributed by atoms with Crippen molar-refractivity contribution in [3.05, 3.63) is 28.4 Å². The van der Waals surface area contributed by atoms with Crippen LogP contribution in [0.15, 0.2) is 23.2 Å². The van der Waals surface area contributed by atoms with E-state index in [-0.39, 0.29) is 18.0 Å². The van der Waals surface area contributed by atoms with Crippen LogP contribution < -0.4 is 5.32 Å². The van der Waals surface area contributed by atoms with E-state index < -0.39 is 32.8 Å². The molecule has 1 atom stereocenters. The average Bonchev–Trinajstić information content (AvgIpc) is 2.47. The molecule has 0 amide bonds. The first kappa shape index (κ1) is 15.3. The van der Waals surface area contributed by atoms with Crippen molar-refractivity contribution in [2.24, 2.45) is 0 Å². The number of nitrogens with zero attached hydrogens (tertiary/aromatic N) is 3. The number of aromatic nitrogens is 1. The Morgan fingerprint density at radius 1 is 1.52 bits per heavy atom. The normalized spacial score (nSPS) is 20.1. The van der Waals surface area contributed by atoms with Gasteiger partial charge >= 0.3 is 11.8 Å². The van der Waals surface area contributed by atoms with Gasteiger partial charge in [-0.25, -0.2) is 8.42 Å². The van der Waals surface area contributed by atoms with Crippen molar-refractivity contribution >= 4 is 21.8 Å². The second kappa shape index (κ2) is 5.71. The maximum absolute atomic E-state index is 12.4. The zero-order valence-corrected chi connectivity index (χ0v) is 11.5. The molecule has 1 unspecified atom stereocenters. The molecule has 11 heteroatoms. The molecule has 2 rings (SSSR count). The van der Waals surface area contributed by atoms with E-state index in [4.69, 9.17) is 5.11 Å². The van der Waals surface area contributed by atoms with Crippen molar-refractivity contribution in [3.63, 3.8) is 0 Å². The number of sulfonamides is 1. The van der Waals surface area contributed by atoms with Crippen LogP contribution in [0.25, 0.3) is 0 Å². The fourth-order valence-electron chi connectivity index (χ4n) is 1.95. The lowest BCUT2D eigenvalue weighted by Crippen LogP contribution is -2.56. The predicted octanol–water partition coefficient (Wildman–Crippen LogP) is -0.963. The minimum Gasteiger partial charge on any atom is -0.480 e. The molecule has 2 N–H and O–H groups in total. The van der Waals surface area contributed by atoms with Crippen LogP contribution in [-0.2, 0) is 14.8 Å². The minimum absolute atomic E-state index is 0.00368. The molecule has 0 aromatic carbocycles. The van der Waals surface area contributed by atoms with Crippen LogP contribution in [0, 0.1) is 10.1 Å². The first-order valence-electron chi connectivity index (χ1n) is 5.90. The number of rotatable bonds is 4. The Kier molecular flexibility index (Phi) is 4.16. The van der Waals surface area contributed by atoms with Crippen molar-refractivity contribution in [2.75, 3.05) is 19.6 Å². The maximum Gasteiger partial charge on any atom is 0.363 e. The van der Waals surface area contributed by atoms with Crippen molar-refractivity contribution < 1.29 is 23.2 Å². The standard InChI is InChI=1S/C10H12N4O6S/c15-10(16)8-6-11-3-4-13(8)21(19,20)7-1-2-9(12-5-7)14(17)18/h1-2,5,8,11H,3-4,6H2,(H,15,16). The Bertz CT molecular complexity index is 659. The number of hydrogen-bond acceptors (Lipinski definition) is 7. The van der Waals surface area contributed by atoms with Crippen LogP contribution in [-0.4, -0.2) is 59.4 Å². The van der Waals surface area contributed by atoms with Crippen LogP contribution in [0.2, 0.25) is 0 Å². The van der Waals surface area contributed by atoms with E-state index >= 15 is 0 Å². The third-order valence-corrected chi connectivity index (χ3v) is 4.89. The predicted molar refractivity (Wildman–Crippen MR) is 69.1 cm³/mol. The molecular formula is C10H12N4O6S. The average molecular weight is 316 g/mol. The molecule has 0 saturated carbocycles. The summed E-state index contributed by atoms with van der Waals surface area (Å²) in [5.41, 5.74) is 0. The Hall–Kier alpha value is -2.11. The molecule has 21 heavy (non-hydrogen) atoms. The van der Waals surface area contributed by atoms with Crippen molar-refractivity contribution in [2.45, 2.75) is 10.9 Å². The SMILES string of the molecule is O=C(O)C1CNCCN1S(=O)(=O)c1ccc([N+](=O)[O-])nc1. The van der Waals surface area contributed by atoms with E-state index in [1.807, 2.05) is 0 Å². The molecule has 0 aliphatic carbocycles. The zero-order chi connectivity index (χ0) is 15.6. The number of piperazine rings is 1. The maximum atomic E-state index is 12.4. The van der Waals surface area contributed by atoms with E-state index in [0.29, 0.717) is 6.54 Å². The topological polar surface area (TPSA) is 143 Å². The highest BCUT2D eigenvalue weighted by Gasteiger charge is 2.38. The number of nitro groups is 1. The summed E-state index contributed by atoms with van der Waals surface area (Å²) >= 11 is 0. The number of carboxylic acids is 1. The van der Waals surface area contributed by atoms with Crippen molar-refractivity contribution in [1.82, 2.24) is 14.6 Å².